The summed E-state index contributed by atoms with van der Waals surface area (Å²) in [6, 6.07) is 8.70. The van der Waals surface area contributed by atoms with Crippen LogP contribution in [-0.4, -0.2) is 22.3 Å². The molecule has 0 aliphatic rings. The Kier molecular flexibility index (Phi) is 5.17. The van der Waals surface area contributed by atoms with Crippen LogP contribution >= 0.6 is 34.5 Å². The van der Waals surface area contributed by atoms with Gasteiger partial charge in [-0.05, 0) is 24.3 Å². The van der Waals surface area contributed by atoms with Crippen molar-refractivity contribution in [2.45, 2.75) is 6.54 Å². The molecule has 0 N–H and O–H groups in total. The van der Waals surface area contributed by atoms with Gasteiger partial charge in [0.05, 0.1) is 10.9 Å². The maximum absolute atomic E-state index is 12.4. The molecule has 0 aliphatic carbocycles. The zero-order valence-electron chi connectivity index (χ0n) is 10.6. The molecule has 0 unspecified atom stereocenters. The van der Waals surface area contributed by atoms with E-state index in [2.05, 4.69) is 11.6 Å². The van der Waals surface area contributed by atoms with Gasteiger partial charge < -0.3 is 4.90 Å². The van der Waals surface area contributed by atoms with Gasteiger partial charge in [-0.2, -0.15) is 0 Å². The third-order valence-electron chi connectivity index (χ3n) is 2.55. The normalized spacial score (nSPS) is 10.3. The van der Waals surface area contributed by atoms with Crippen molar-refractivity contribution in [3.05, 3.63) is 63.0 Å². The summed E-state index contributed by atoms with van der Waals surface area (Å²) in [5.41, 5.74) is 0.321. The lowest BCUT2D eigenvalue weighted by Crippen LogP contribution is -2.31. The largest absolute Gasteiger partial charge is 0.328 e. The second-order valence-corrected chi connectivity index (χ2v) is 6.21. The average molecular weight is 327 g/mol. The molecule has 0 bridgehead atoms. The van der Waals surface area contributed by atoms with Gasteiger partial charge in [-0.1, -0.05) is 35.3 Å². The minimum absolute atomic E-state index is 0.183. The molecule has 2 aromatic heterocycles. The van der Waals surface area contributed by atoms with E-state index in [4.69, 9.17) is 23.2 Å². The quantitative estimate of drug-likeness (QED) is 0.607. The zero-order valence-corrected chi connectivity index (χ0v) is 12.9. The number of pyridine rings is 1. The minimum Gasteiger partial charge on any atom is -0.328 e. The van der Waals surface area contributed by atoms with Crippen LogP contribution in [0.15, 0.2) is 43.0 Å². The molecule has 2 heterocycles. The lowest BCUT2D eigenvalue weighted by molar-refractivity contribution is 0.0758. The molecule has 2 aromatic rings. The molecular formula is C14H12Cl2N2OS. The summed E-state index contributed by atoms with van der Waals surface area (Å²) in [7, 11) is 0. The lowest BCUT2D eigenvalue weighted by atomic mass is 10.3. The molecule has 0 radical (unpaired) electrons. The van der Waals surface area contributed by atoms with Crippen molar-refractivity contribution in [3.8, 4) is 0 Å². The van der Waals surface area contributed by atoms with Crippen LogP contribution in [0, 0.1) is 0 Å². The van der Waals surface area contributed by atoms with Crippen molar-refractivity contribution >= 4 is 40.4 Å². The van der Waals surface area contributed by atoms with E-state index in [9.17, 15) is 4.79 Å². The van der Waals surface area contributed by atoms with Crippen LogP contribution in [0.3, 0.4) is 0 Å². The SMILES string of the molecule is C=CCN(Cc1ccc(Cl)s1)C(=O)c1cccc(Cl)n1. The van der Waals surface area contributed by atoms with Crippen molar-refractivity contribution in [2.75, 3.05) is 6.54 Å². The highest BCUT2D eigenvalue weighted by Crippen LogP contribution is 2.23. The maximum atomic E-state index is 12.4. The lowest BCUT2D eigenvalue weighted by Gasteiger charge is -2.20. The summed E-state index contributed by atoms with van der Waals surface area (Å²) in [4.78, 5) is 19.1. The average Bonchev–Trinajstić information content (AvgIpc) is 2.83. The van der Waals surface area contributed by atoms with Crippen molar-refractivity contribution < 1.29 is 4.79 Å². The van der Waals surface area contributed by atoms with E-state index in [0.717, 1.165) is 4.88 Å². The van der Waals surface area contributed by atoms with Crippen LogP contribution in [0.5, 0.6) is 0 Å². The number of hydrogen-bond acceptors (Lipinski definition) is 3. The highest BCUT2D eigenvalue weighted by Gasteiger charge is 2.17. The van der Waals surface area contributed by atoms with E-state index in [1.807, 2.05) is 12.1 Å². The fourth-order valence-electron chi connectivity index (χ4n) is 1.69. The number of aromatic nitrogens is 1. The number of amides is 1. The second kappa shape index (κ2) is 6.88. The van der Waals surface area contributed by atoms with Crippen molar-refractivity contribution in [3.63, 3.8) is 0 Å². The summed E-state index contributed by atoms with van der Waals surface area (Å²) in [5, 5.41) is 0.300. The Morgan fingerprint density at radius 2 is 2.15 bits per heavy atom. The third kappa shape index (κ3) is 3.82. The van der Waals surface area contributed by atoms with Gasteiger partial charge in [-0.15, -0.1) is 17.9 Å². The Hall–Kier alpha value is -1.36. The van der Waals surface area contributed by atoms with Gasteiger partial charge in [0.25, 0.3) is 5.91 Å². The molecule has 2 rings (SSSR count). The fraction of sp³-hybridized carbons (Fsp3) is 0.143. The van der Waals surface area contributed by atoms with E-state index in [0.29, 0.717) is 28.3 Å². The Balaban J connectivity index is 2.19. The first-order valence-corrected chi connectivity index (χ1v) is 7.44. The van der Waals surface area contributed by atoms with Crippen molar-refractivity contribution in [1.82, 2.24) is 9.88 Å². The smallest absolute Gasteiger partial charge is 0.273 e. The van der Waals surface area contributed by atoms with Crippen molar-refractivity contribution in [2.24, 2.45) is 0 Å². The Morgan fingerprint density at radius 3 is 2.75 bits per heavy atom. The highest BCUT2D eigenvalue weighted by molar-refractivity contribution is 7.16. The van der Waals surface area contributed by atoms with Gasteiger partial charge in [0.2, 0.25) is 0 Å². The Morgan fingerprint density at radius 1 is 1.35 bits per heavy atom. The topological polar surface area (TPSA) is 33.2 Å². The van der Waals surface area contributed by atoms with Gasteiger partial charge in [0, 0.05) is 11.4 Å². The predicted octanol–water partition coefficient (Wildman–Crippen LogP) is 4.28. The molecule has 3 nitrogen and oxygen atoms in total. The molecule has 0 aromatic carbocycles. The number of halogens is 2. The Labute approximate surface area is 131 Å². The zero-order chi connectivity index (χ0) is 14.5. The number of thiophene rings is 1. The number of nitrogens with zero attached hydrogens (tertiary/aromatic N) is 2. The molecular weight excluding hydrogens is 315 g/mol. The summed E-state index contributed by atoms with van der Waals surface area (Å²) in [5.74, 6) is -0.183. The van der Waals surface area contributed by atoms with Crippen LogP contribution in [0.25, 0.3) is 0 Å². The number of carbonyl (C=O) groups is 1. The van der Waals surface area contributed by atoms with E-state index in [1.165, 1.54) is 11.3 Å². The third-order valence-corrected chi connectivity index (χ3v) is 3.97. The molecule has 6 heteroatoms. The molecule has 104 valence electrons. The van der Waals surface area contributed by atoms with Gasteiger partial charge in [-0.25, -0.2) is 4.98 Å². The number of hydrogen-bond donors (Lipinski definition) is 0. The van der Waals surface area contributed by atoms with E-state index >= 15 is 0 Å². The number of carbonyl (C=O) groups excluding carboxylic acids is 1. The molecule has 1 amide bonds. The van der Waals surface area contributed by atoms with Crippen molar-refractivity contribution in [1.29, 1.82) is 0 Å². The predicted molar refractivity (Wildman–Crippen MR) is 83.5 cm³/mol. The maximum Gasteiger partial charge on any atom is 0.273 e. The first-order chi connectivity index (χ1) is 9.60. The second-order valence-electron chi connectivity index (χ2n) is 4.03. The Bertz CT molecular complexity index is 627. The fourth-order valence-corrected chi connectivity index (χ4v) is 2.96. The van der Waals surface area contributed by atoms with Gasteiger partial charge in [0.1, 0.15) is 10.8 Å². The molecule has 0 saturated heterocycles. The molecule has 0 saturated carbocycles. The summed E-state index contributed by atoms with van der Waals surface area (Å²) in [6.07, 6.45) is 1.68. The molecule has 20 heavy (non-hydrogen) atoms. The monoisotopic (exact) mass is 326 g/mol. The molecule has 0 atom stereocenters. The summed E-state index contributed by atoms with van der Waals surface area (Å²) < 4.78 is 0.701. The standard InChI is InChI=1S/C14H12Cl2N2OS/c1-2-8-18(9-10-6-7-13(16)20-10)14(19)11-4-3-5-12(15)17-11/h2-7H,1,8-9H2. The van der Waals surface area contributed by atoms with E-state index in [-0.39, 0.29) is 5.91 Å². The van der Waals surface area contributed by atoms with Crippen LogP contribution in [0.2, 0.25) is 9.49 Å². The van der Waals surface area contributed by atoms with Crippen LogP contribution in [-0.2, 0) is 6.54 Å². The summed E-state index contributed by atoms with van der Waals surface area (Å²) >= 11 is 13.2. The highest BCUT2D eigenvalue weighted by atomic mass is 35.5. The first kappa shape index (κ1) is 15.0. The minimum atomic E-state index is -0.183. The van der Waals surface area contributed by atoms with Gasteiger partial charge in [-0.3, -0.25) is 4.79 Å². The van der Waals surface area contributed by atoms with Crippen LogP contribution < -0.4 is 0 Å². The van der Waals surface area contributed by atoms with Crippen LogP contribution in [0.1, 0.15) is 15.4 Å². The van der Waals surface area contributed by atoms with Gasteiger partial charge in [0.15, 0.2) is 0 Å². The first-order valence-electron chi connectivity index (χ1n) is 5.87. The summed E-state index contributed by atoms with van der Waals surface area (Å²) in [6.45, 7) is 4.58. The molecule has 0 aliphatic heterocycles. The van der Waals surface area contributed by atoms with Crippen LogP contribution in [0.4, 0.5) is 0 Å². The van der Waals surface area contributed by atoms with E-state index < -0.39 is 0 Å². The number of rotatable bonds is 5. The molecule has 0 spiro atoms. The molecule has 0 fully saturated rings. The van der Waals surface area contributed by atoms with Gasteiger partial charge >= 0.3 is 0 Å². The van der Waals surface area contributed by atoms with E-state index in [1.54, 1.807) is 29.2 Å².